The predicted octanol–water partition coefficient (Wildman–Crippen LogP) is 6.43. The molecule has 0 aliphatic rings. The maximum atomic E-state index is 12.7. The van der Waals surface area contributed by atoms with E-state index in [1.165, 1.54) is 35.1 Å². The van der Waals surface area contributed by atoms with Crippen molar-refractivity contribution in [3.63, 3.8) is 0 Å². The molecule has 0 fully saturated rings. The van der Waals surface area contributed by atoms with E-state index < -0.39 is 0 Å². The molecular weight excluding hydrogens is 332 g/mol. The molecule has 2 rings (SSSR count). The number of unbranched alkanes of at least 4 members (excludes halogenated alkanes) is 1. The van der Waals surface area contributed by atoms with Gasteiger partial charge in [-0.25, -0.2) is 0 Å². The smallest absolute Gasteiger partial charge is 0.193 e. The number of thioether (sulfide) groups is 2. The Balaban J connectivity index is 1.95. The van der Waals surface area contributed by atoms with E-state index >= 15 is 0 Å². The minimum atomic E-state index is 0.0652. The maximum absolute atomic E-state index is 12.7. The number of carbonyl (C=O) groups is 1. The van der Waals surface area contributed by atoms with E-state index in [9.17, 15) is 4.79 Å². The van der Waals surface area contributed by atoms with Crippen molar-refractivity contribution in [1.82, 2.24) is 0 Å². The number of carbonyl (C=O) groups excluding carboxylic acids is 1. The van der Waals surface area contributed by atoms with Crippen LogP contribution in [-0.4, -0.2) is 10.4 Å². The van der Waals surface area contributed by atoms with Crippen LogP contribution in [0.15, 0.2) is 65.6 Å². The lowest BCUT2D eigenvalue weighted by molar-refractivity contribution is -0.113. The molecule has 0 aliphatic heterocycles. The van der Waals surface area contributed by atoms with Crippen LogP contribution in [0.1, 0.15) is 38.7 Å². The summed E-state index contributed by atoms with van der Waals surface area (Å²) in [4.78, 5) is 13.9. The zero-order chi connectivity index (χ0) is 17.2. The first-order chi connectivity index (χ1) is 11.7. The molecule has 2 aromatic rings. The fraction of sp³-hybridized carbons (Fsp3) is 0.381. The van der Waals surface area contributed by atoms with Crippen LogP contribution >= 0.6 is 23.5 Å². The summed E-state index contributed by atoms with van der Waals surface area (Å²) in [5.74, 6) is 0.830. The van der Waals surface area contributed by atoms with Crippen LogP contribution in [0.25, 0.3) is 0 Å². The Kier molecular flexibility index (Phi) is 8.48. The Morgan fingerprint density at radius 2 is 1.62 bits per heavy atom. The fourth-order valence-electron chi connectivity index (χ4n) is 2.50. The highest BCUT2D eigenvalue weighted by atomic mass is 32.2. The standard InChI is InChI=1S/C21H26OS2/c1-3-4-15-20(24-19-13-9-6-10-14-19)17(2)21(22)23-16-18-11-7-5-8-12-18/h5-14,17,20H,3-4,15-16H2,1-2H3/t17-,20+/m1/s1. The molecule has 0 bridgehead atoms. The van der Waals surface area contributed by atoms with E-state index in [2.05, 4.69) is 50.2 Å². The highest BCUT2D eigenvalue weighted by Crippen LogP contribution is 2.34. The lowest BCUT2D eigenvalue weighted by atomic mass is 10.0. The molecule has 0 N–H and O–H groups in total. The lowest BCUT2D eigenvalue weighted by Gasteiger charge is -2.22. The molecule has 2 aromatic carbocycles. The molecule has 0 spiro atoms. The van der Waals surface area contributed by atoms with Gasteiger partial charge < -0.3 is 0 Å². The van der Waals surface area contributed by atoms with E-state index in [0.717, 1.165) is 12.2 Å². The van der Waals surface area contributed by atoms with Crippen LogP contribution in [-0.2, 0) is 10.5 Å². The molecule has 0 saturated carbocycles. The molecule has 24 heavy (non-hydrogen) atoms. The van der Waals surface area contributed by atoms with E-state index in [1.807, 2.05) is 36.0 Å². The van der Waals surface area contributed by atoms with Gasteiger partial charge in [-0.2, -0.15) is 0 Å². The number of rotatable bonds is 9. The van der Waals surface area contributed by atoms with Crippen molar-refractivity contribution in [2.75, 3.05) is 0 Å². The van der Waals surface area contributed by atoms with Gasteiger partial charge in [0.25, 0.3) is 0 Å². The molecule has 0 amide bonds. The molecule has 0 aromatic heterocycles. The monoisotopic (exact) mass is 358 g/mol. The van der Waals surface area contributed by atoms with Crippen LogP contribution in [0.5, 0.6) is 0 Å². The van der Waals surface area contributed by atoms with Gasteiger partial charge in [-0.05, 0) is 24.1 Å². The molecule has 0 heterocycles. The molecule has 1 nitrogen and oxygen atoms in total. The molecule has 0 aliphatic carbocycles. The van der Waals surface area contributed by atoms with Crippen molar-refractivity contribution in [2.45, 2.75) is 49.0 Å². The predicted molar refractivity (Wildman–Crippen MR) is 108 cm³/mol. The Labute approximate surface area is 154 Å². The van der Waals surface area contributed by atoms with Gasteiger partial charge in [0.2, 0.25) is 0 Å². The van der Waals surface area contributed by atoms with E-state index in [-0.39, 0.29) is 5.92 Å². The minimum Gasteiger partial charge on any atom is -0.287 e. The third kappa shape index (κ3) is 6.37. The Morgan fingerprint density at radius 1 is 1.00 bits per heavy atom. The molecule has 128 valence electrons. The SMILES string of the molecule is CCCC[C@H](Sc1ccccc1)[C@@H](C)C(=O)SCc1ccccc1. The summed E-state index contributed by atoms with van der Waals surface area (Å²) in [7, 11) is 0. The summed E-state index contributed by atoms with van der Waals surface area (Å²) >= 11 is 3.31. The summed E-state index contributed by atoms with van der Waals surface area (Å²) in [5, 5.41) is 0.659. The average molecular weight is 359 g/mol. The van der Waals surface area contributed by atoms with Gasteiger partial charge in [0, 0.05) is 21.8 Å². The van der Waals surface area contributed by atoms with Crippen molar-refractivity contribution < 1.29 is 4.79 Å². The Morgan fingerprint density at radius 3 is 2.25 bits per heavy atom. The zero-order valence-electron chi connectivity index (χ0n) is 14.5. The minimum absolute atomic E-state index is 0.0652. The molecule has 0 saturated heterocycles. The summed E-state index contributed by atoms with van der Waals surface area (Å²) in [5.41, 5.74) is 1.21. The van der Waals surface area contributed by atoms with Gasteiger partial charge in [0.15, 0.2) is 5.12 Å². The van der Waals surface area contributed by atoms with Crippen LogP contribution in [0.2, 0.25) is 0 Å². The van der Waals surface area contributed by atoms with E-state index in [0.29, 0.717) is 10.4 Å². The van der Waals surface area contributed by atoms with Crippen LogP contribution in [0.3, 0.4) is 0 Å². The molecule has 0 unspecified atom stereocenters. The maximum Gasteiger partial charge on any atom is 0.193 e. The number of hydrogen-bond acceptors (Lipinski definition) is 3. The largest absolute Gasteiger partial charge is 0.287 e. The van der Waals surface area contributed by atoms with Gasteiger partial charge in [-0.1, -0.05) is 87.0 Å². The normalized spacial score (nSPS) is 13.4. The van der Waals surface area contributed by atoms with Gasteiger partial charge >= 0.3 is 0 Å². The summed E-state index contributed by atoms with van der Waals surface area (Å²) in [6.07, 6.45) is 3.43. The van der Waals surface area contributed by atoms with Gasteiger partial charge in [-0.15, -0.1) is 11.8 Å². The second-order valence-electron chi connectivity index (χ2n) is 5.99. The second-order valence-corrected chi connectivity index (χ2v) is 8.29. The van der Waals surface area contributed by atoms with Gasteiger partial charge in [0.1, 0.15) is 0 Å². The highest BCUT2D eigenvalue weighted by molar-refractivity contribution is 8.13. The van der Waals surface area contributed by atoms with Gasteiger partial charge in [-0.3, -0.25) is 4.79 Å². The molecule has 3 heteroatoms. The fourth-order valence-corrected chi connectivity index (χ4v) is 4.79. The highest BCUT2D eigenvalue weighted by Gasteiger charge is 2.24. The van der Waals surface area contributed by atoms with Crippen molar-refractivity contribution in [3.05, 3.63) is 66.2 Å². The van der Waals surface area contributed by atoms with E-state index in [1.54, 1.807) is 0 Å². The lowest BCUT2D eigenvalue weighted by Crippen LogP contribution is -2.21. The Hall–Kier alpha value is -1.19. The second kappa shape index (κ2) is 10.6. The Bertz CT molecular complexity index is 598. The molecular formula is C21H26OS2. The summed E-state index contributed by atoms with van der Waals surface area (Å²) < 4.78 is 0. The number of hydrogen-bond donors (Lipinski definition) is 0. The average Bonchev–Trinajstić information content (AvgIpc) is 2.64. The van der Waals surface area contributed by atoms with Crippen molar-refractivity contribution in [1.29, 1.82) is 0 Å². The topological polar surface area (TPSA) is 17.1 Å². The summed E-state index contributed by atoms with van der Waals surface area (Å²) in [6.45, 7) is 4.30. The third-order valence-corrected chi connectivity index (χ3v) is 6.65. The quantitative estimate of drug-likeness (QED) is 0.481. The molecule has 2 atom stereocenters. The summed E-state index contributed by atoms with van der Waals surface area (Å²) in [6, 6.07) is 20.7. The number of benzene rings is 2. The van der Waals surface area contributed by atoms with Crippen LogP contribution in [0, 0.1) is 5.92 Å². The first kappa shape index (κ1) is 19.1. The first-order valence-electron chi connectivity index (χ1n) is 8.63. The van der Waals surface area contributed by atoms with E-state index in [4.69, 9.17) is 0 Å². The molecule has 0 radical (unpaired) electrons. The van der Waals surface area contributed by atoms with Crippen LogP contribution in [0.4, 0.5) is 0 Å². The van der Waals surface area contributed by atoms with Crippen LogP contribution < -0.4 is 0 Å². The van der Waals surface area contributed by atoms with Crippen molar-refractivity contribution in [2.24, 2.45) is 5.92 Å². The van der Waals surface area contributed by atoms with Crippen molar-refractivity contribution >= 4 is 28.6 Å². The first-order valence-corrected chi connectivity index (χ1v) is 10.5. The zero-order valence-corrected chi connectivity index (χ0v) is 16.1. The van der Waals surface area contributed by atoms with Gasteiger partial charge in [0.05, 0.1) is 0 Å². The third-order valence-electron chi connectivity index (χ3n) is 4.03. The van der Waals surface area contributed by atoms with Crippen molar-refractivity contribution in [3.8, 4) is 0 Å².